The van der Waals surface area contributed by atoms with E-state index in [2.05, 4.69) is 32.3 Å². The average molecular weight is 258 g/mol. The van der Waals surface area contributed by atoms with Gasteiger partial charge in [-0.2, -0.15) is 0 Å². The Hall–Kier alpha value is -1.95. The van der Waals surface area contributed by atoms with Gasteiger partial charge in [0.1, 0.15) is 0 Å². The minimum atomic E-state index is 0.429. The van der Waals surface area contributed by atoms with Crippen LogP contribution in [0.2, 0.25) is 0 Å². The van der Waals surface area contributed by atoms with Gasteiger partial charge in [0.05, 0.1) is 0 Å². The molecule has 2 aromatic heterocycles. The Balaban J connectivity index is 1.95. The third kappa shape index (κ3) is 2.19. The van der Waals surface area contributed by atoms with E-state index in [-0.39, 0.29) is 0 Å². The van der Waals surface area contributed by atoms with E-state index in [4.69, 9.17) is 0 Å². The summed E-state index contributed by atoms with van der Waals surface area (Å²) in [6.45, 7) is 5.12. The standard InChI is InChI=1S/C13H18N6/c1-10-8-15-6-7-19(10)13-17-16-12(18(13)2)11-4-3-5-14-9-11/h3-5,9-10,15H,6-8H2,1-2H3. The molecule has 0 aliphatic carbocycles. The molecule has 1 atom stereocenters. The number of nitrogens with one attached hydrogen (secondary N) is 1. The molecule has 1 aliphatic rings. The Morgan fingerprint density at radius 1 is 1.37 bits per heavy atom. The fourth-order valence-electron chi connectivity index (χ4n) is 2.46. The summed E-state index contributed by atoms with van der Waals surface area (Å²) >= 11 is 0. The van der Waals surface area contributed by atoms with E-state index >= 15 is 0 Å². The van der Waals surface area contributed by atoms with Gasteiger partial charge in [-0.1, -0.05) is 0 Å². The Bertz CT molecular complexity index is 550. The summed E-state index contributed by atoms with van der Waals surface area (Å²) in [5, 5.41) is 12.0. The first-order chi connectivity index (χ1) is 9.27. The average Bonchev–Trinajstić information content (AvgIpc) is 2.82. The monoisotopic (exact) mass is 258 g/mol. The van der Waals surface area contributed by atoms with Gasteiger partial charge < -0.3 is 10.2 Å². The van der Waals surface area contributed by atoms with Crippen molar-refractivity contribution in [2.75, 3.05) is 24.5 Å². The molecule has 0 amide bonds. The summed E-state index contributed by atoms with van der Waals surface area (Å²) in [5.74, 6) is 1.78. The van der Waals surface area contributed by atoms with Crippen LogP contribution in [0.15, 0.2) is 24.5 Å². The van der Waals surface area contributed by atoms with Crippen LogP contribution in [0.1, 0.15) is 6.92 Å². The molecule has 6 nitrogen and oxygen atoms in total. The molecule has 1 aliphatic heterocycles. The number of hydrogen-bond acceptors (Lipinski definition) is 5. The number of rotatable bonds is 2. The molecule has 1 saturated heterocycles. The maximum Gasteiger partial charge on any atom is 0.227 e. The van der Waals surface area contributed by atoms with E-state index in [9.17, 15) is 0 Å². The van der Waals surface area contributed by atoms with Crippen molar-refractivity contribution in [2.24, 2.45) is 7.05 Å². The van der Waals surface area contributed by atoms with Crippen LogP contribution in [0.4, 0.5) is 5.95 Å². The van der Waals surface area contributed by atoms with Gasteiger partial charge >= 0.3 is 0 Å². The van der Waals surface area contributed by atoms with Gasteiger partial charge in [0, 0.05) is 50.7 Å². The van der Waals surface area contributed by atoms with Crippen molar-refractivity contribution >= 4 is 5.95 Å². The van der Waals surface area contributed by atoms with E-state index in [1.807, 2.05) is 29.9 Å². The molecule has 0 spiro atoms. The largest absolute Gasteiger partial charge is 0.336 e. The first-order valence-corrected chi connectivity index (χ1v) is 6.54. The highest BCUT2D eigenvalue weighted by atomic mass is 15.4. The van der Waals surface area contributed by atoms with Crippen LogP contribution in [0.5, 0.6) is 0 Å². The van der Waals surface area contributed by atoms with Gasteiger partial charge in [0.15, 0.2) is 5.82 Å². The van der Waals surface area contributed by atoms with Gasteiger partial charge in [-0.3, -0.25) is 9.55 Å². The van der Waals surface area contributed by atoms with Crippen LogP contribution in [-0.2, 0) is 7.05 Å². The molecule has 100 valence electrons. The molecule has 1 N–H and O–H groups in total. The smallest absolute Gasteiger partial charge is 0.227 e. The summed E-state index contributed by atoms with van der Waals surface area (Å²) < 4.78 is 2.04. The lowest BCUT2D eigenvalue weighted by Gasteiger charge is -2.34. The van der Waals surface area contributed by atoms with Gasteiger partial charge in [-0.25, -0.2) is 0 Å². The van der Waals surface area contributed by atoms with E-state index in [0.717, 1.165) is 37.0 Å². The number of aromatic nitrogens is 4. The first-order valence-electron chi connectivity index (χ1n) is 6.54. The fourth-order valence-corrected chi connectivity index (χ4v) is 2.46. The number of anilines is 1. The molecule has 0 bridgehead atoms. The predicted octanol–water partition coefficient (Wildman–Crippen LogP) is 0.675. The topological polar surface area (TPSA) is 58.9 Å². The minimum Gasteiger partial charge on any atom is -0.336 e. The molecule has 6 heteroatoms. The number of hydrogen-bond donors (Lipinski definition) is 1. The number of pyridine rings is 1. The van der Waals surface area contributed by atoms with E-state index in [0.29, 0.717) is 6.04 Å². The lowest BCUT2D eigenvalue weighted by molar-refractivity contribution is 0.488. The molecule has 1 unspecified atom stereocenters. The molecule has 0 aromatic carbocycles. The Labute approximate surface area is 112 Å². The van der Waals surface area contributed by atoms with Crippen molar-refractivity contribution in [1.82, 2.24) is 25.1 Å². The number of piperazine rings is 1. The maximum absolute atomic E-state index is 4.35. The maximum atomic E-state index is 4.35. The summed E-state index contributed by atoms with van der Waals surface area (Å²) in [5.41, 5.74) is 0.992. The summed E-state index contributed by atoms with van der Waals surface area (Å²) in [6, 6.07) is 4.34. The van der Waals surface area contributed by atoms with Crippen molar-refractivity contribution in [2.45, 2.75) is 13.0 Å². The lowest BCUT2D eigenvalue weighted by Crippen LogP contribution is -2.50. The third-order valence-electron chi connectivity index (χ3n) is 3.53. The van der Waals surface area contributed by atoms with Crippen LogP contribution >= 0.6 is 0 Å². The Kier molecular flexibility index (Phi) is 3.16. The molecule has 2 aromatic rings. The van der Waals surface area contributed by atoms with Crippen molar-refractivity contribution in [3.05, 3.63) is 24.5 Å². The molecular weight excluding hydrogens is 240 g/mol. The first kappa shape index (κ1) is 12.1. The van der Waals surface area contributed by atoms with Crippen LogP contribution in [0.3, 0.4) is 0 Å². The van der Waals surface area contributed by atoms with E-state index in [1.165, 1.54) is 0 Å². The van der Waals surface area contributed by atoms with Crippen LogP contribution < -0.4 is 10.2 Å². The molecule has 1 fully saturated rings. The normalized spacial score (nSPS) is 19.7. The van der Waals surface area contributed by atoms with Crippen molar-refractivity contribution in [1.29, 1.82) is 0 Å². The predicted molar refractivity (Wildman–Crippen MR) is 73.9 cm³/mol. The third-order valence-corrected chi connectivity index (χ3v) is 3.53. The lowest BCUT2D eigenvalue weighted by atomic mass is 10.2. The zero-order valence-electron chi connectivity index (χ0n) is 11.2. The van der Waals surface area contributed by atoms with E-state index in [1.54, 1.807) is 6.20 Å². The highest BCUT2D eigenvalue weighted by Gasteiger charge is 2.23. The summed E-state index contributed by atoms with van der Waals surface area (Å²) in [6.07, 6.45) is 3.58. The highest BCUT2D eigenvalue weighted by molar-refractivity contribution is 5.56. The molecule has 3 heterocycles. The molecule has 19 heavy (non-hydrogen) atoms. The highest BCUT2D eigenvalue weighted by Crippen LogP contribution is 2.22. The van der Waals surface area contributed by atoms with Crippen molar-refractivity contribution < 1.29 is 0 Å². The quantitative estimate of drug-likeness (QED) is 0.858. The van der Waals surface area contributed by atoms with Gasteiger partial charge in [0.25, 0.3) is 0 Å². The van der Waals surface area contributed by atoms with Gasteiger partial charge in [0.2, 0.25) is 5.95 Å². The van der Waals surface area contributed by atoms with Crippen molar-refractivity contribution in [3.8, 4) is 11.4 Å². The number of nitrogens with zero attached hydrogens (tertiary/aromatic N) is 5. The molecule has 3 rings (SSSR count). The fraction of sp³-hybridized carbons (Fsp3) is 0.462. The van der Waals surface area contributed by atoms with Crippen LogP contribution in [-0.4, -0.2) is 45.4 Å². The summed E-state index contributed by atoms with van der Waals surface area (Å²) in [7, 11) is 2.01. The Morgan fingerprint density at radius 3 is 3.00 bits per heavy atom. The zero-order chi connectivity index (χ0) is 13.2. The molecular formula is C13H18N6. The second-order valence-corrected chi connectivity index (χ2v) is 4.87. The van der Waals surface area contributed by atoms with Crippen molar-refractivity contribution in [3.63, 3.8) is 0 Å². The molecule has 0 radical (unpaired) electrons. The Morgan fingerprint density at radius 2 is 2.26 bits per heavy atom. The van der Waals surface area contributed by atoms with Crippen LogP contribution in [0.25, 0.3) is 11.4 Å². The van der Waals surface area contributed by atoms with Gasteiger partial charge in [-0.15, -0.1) is 10.2 Å². The summed E-state index contributed by atoms with van der Waals surface area (Å²) in [4.78, 5) is 6.43. The van der Waals surface area contributed by atoms with Gasteiger partial charge in [-0.05, 0) is 19.1 Å². The van der Waals surface area contributed by atoms with E-state index < -0.39 is 0 Å². The minimum absolute atomic E-state index is 0.429. The second-order valence-electron chi connectivity index (χ2n) is 4.87. The molecule has 0 saturated carbocycles. The second kappa shape index (κ2) is 4.97. The van der Waals surface area contributed by atoms with Crippen LogP contribution in [0, 0.1) is 0 Å². The zero-order valence-corrected chi connectivity index (χ0v) is 11.2. The SMILES string of the molecule is CC1CNCCN1c1nnc(-c2cccnc2)n1C.